The predicted molar refractivity (Wildman–Crippen MR) is 403 cm³/mol. The number of ether oxygens (including phenoxy) is 12. The van der Waals surface area contributed by atoms with Crippen LogP contribution in [-0.4, -0.2) is 205 Å². The van der Waals surface area contributed by atoms with Crippen LogP contribution in [0.25, 0.3) is 0 Å². The summed E-state index contributed by atoms with van der Waals surface area (Å²) in [6.45, 7) is 20.8. The molecule has 27 nitrogen and oxygen atoms in total. The first kappa shape index (κ1) is 88.0. The molecule has 3 aromatic rings. The number of nitrogens with zero attached hydrogens (tertiary/aromatic N) is 2. The number of esters is 3. The maximum Gasteiger partial charge on any atom is 0.514 e. The molecule has 0 amide bonds. The van der Waals surface area contributed by atoms with Crippen molar-refractivity contribution in [2.24, 2.45) is 47.3 Å². The van der Waals surface area contributed by atoms with Crippen molar-refractivity contribution in [2.75, 3.05) is 73.1 Å². The summed E-state index contributed by atoms with van der Waals surface area (Å²) in [7, 11) is -4.05. The van der Waals surface area contributed by atoms with Crippen molar-refractivity contribution in [1.29, 1.82) is 0 Å². The molecular formula is C80H116N2O25SSi. The number of sulfonamides is 1. The number of aliphatic hydroxyl groups excluding tert-OH is 4. The van der Waals surface area contributed by atoms with E-state index in [1.54, 1.807) is 12.1 Å². The van der Waals surface area contributed by atoms with Gasteiger partial charge in [-0.3, -0.25) is 24.5 Å². The molecule has 7 saturated heterocycles. The molecule has 606 valence electrons. The van der Waals surface area contributed by atoms with Crippen molar-refractivity contribution >= 4 is 48.1 Å². The molecule has 0 radical (unpaired) electrons. The van der Waals surface area contributed by atoms with E-state index in [2.05, 4.69) is 58.2 Å². The zero-order valence-corrected chi connectivity index (χ0v) is 66.3. The summed E-state index contributed by atoms with van der Waals surface area (Å²) in [4.78, 5) is 56.2. The third kappa shape index (κ3) is 27.1. The van der Waals surface area contributed by atoms with E-state index < -0.39 is 47.4 Å². The van der Waals surface area contributed by atoms with E-state index in [-0.39, 0.29) is 138 Å². The van der Waals surface area contributed by atoms with Crippen LogP contribution in [0.2, 0.25) is 18.1 Å². The lowest BCUT2D eigenvalue weighted by molar-refractivity contribution is -0.384. The van der Waals surface area contributed by atoms with Crippen LogP contribution in [0.1, 0.15) is 131 Å². The molecule has 29 heteroatoms. The Kier molecular flexibility index (Phi) is 34.6. The number of fused-ring (bicyclic) bond motifs is 4. The van der Waals surface area contributed by atoms with E-state index in [4.69, 9.17) is 66.4 Å². The summed E-state index contributed by atoms with van der Waals surface area (Å²) < 4.78 is 98.8. The lowest BCUT2D eigenvalue weighted by atomic mass is 9.90. The van der Waals surface area contributed by atoms with Gasteiger partial charge in [0.2, 0.25) is 10.0 Å². The van der Waals surface area contributed by atoms with Crippen LogP contribution in [0.3, 0.4) is 0 Å². The quantitative estimate of drug-likeness (QED) is 0.0130. The van der Waals surface area contributed by atoms with E-state index in [9.17, 15) is 53.0 Å². The van der Waals surface area contributed by atoms with Crippen molar-refractivity contribution in [3.63, 3.8) is 0 Å². The second-order valence-corrected chi connectivity index (χ2v) is 37.6. The summed E-state index contributed by atoms with van der Waals surface area (Å²) in [5.41, 5.74) is 0.874. The Morgan fingerprint density at radius 1 is 0.688 bits per heavy atom. The first-order valence-electron chi connectivity index (χ1n) is 38.4. The van der Waals surface area contributed by atoms with Gasteiger partial charge in [-0.05, 0) is 124 Å². The fourth-order valence-electron chi connectivity index (χ4n) is 14.3. The smallest absolute Gasteiger partial charge is 0.497 e. The average Bonchev–Trinajstić information content (AvgIpc) is 1.79. The molecule has 0 spiro atoms. The molecule has 0 aromatic heterocycles. The fraction of sp³-hybridized carbons (Fsp3) is 0.650. The number of hydrogen-bond donors (Lipinski definition) is 4. The first-order chi connectivity index (χ1) is 52.0. The maximum absolute atomic E-state index is 13.6. The van der Waals surface area contributed by atoms with Gasteiger partial charge in [-0.2, -0.15) is 4.31 Å². The number of methoxy groups -OCH3 is 1. The van der Waals surface area contributed by atoms with Gasteiger partial charge in [0.15, 0.2) is 27.2 Å². The van der Waals surface area contributed by atoms with Crippen LogP contribution in [0.5, 0.6) is 11.5 Å². The Labute approximate surface area is 642 Å². The van der Waals surface area contributed by atoms with E-state index in [1.807, 2.05) is 56.3 Å². The molecule has 7 heterocycles. The predicted octanol–water partition coefficient (Wildman–Crippen LogP) is 11.1. The summed E-state index contributed by atoms with van der Waals surface area (Å²) in [6, 6.07) is 21.0. The van der Waals surface area contributed by atoms with Crippen LogP contribution in [0, 0.1) is 57.5 Å². The Morgan fingerprint density at radius 2 is 1.25 bits per heavy atom. The molecule has 3 aliphatic carbocycles. The highest BCUT2D eigenvalue weighted by Crippen LogP contribution is 2.41. The Bertz CT molecular complexity index is 3520. The van der Waals surface area contributed by atoms with Gasteiger partial charge in [0.1, 0.15) is 29.8 Å². The molecule has 3 aromatic carbocycles. The van der Waals surface area contributed by atoms with Gasteiger partial charge in [0.25, 0.3) is 5.69 Å². The topological polar surface area (TPSA) is 350 Å². The minimum atomic E-state index is -3.91. The number of non-ortho nitro benzene ring substituents is 1. The van der Waals surface area contributed by atoms with Crippen molar-refractivity contribution in [1.82, 2.24) is 4.31 Å². The molecule has 7 fully saturated rings. The summed E-state index contributed by atoms with van der Waals surface area (Å²) in [6.07, 6.45) is 18.9. The van der Waals surface area contributed by atoms with E-state index in [0.717, 1.165) is 70.0 Å². The Hall–Kier alpha value is -6.55. The number of nitro groups is 1. The largest absolute Gasteiger partial charge is 0.514 e. The van der Waals surface area contributed by atoms with Gasteiger partial charge < -0.3 is 81.7 Å². The minimum absolute atomic E-state index is 0.00590. The van der Waals surface area contributed by atoms with Crippen molar-refractivity contribution in [3.05, 3.63) is 131 Å². The average molecular weight is 1570 g/mol. The maximum atomic E-state index is 13.6. The van der Waals surface area contributed by atoms with Gasteiger partial charge in [-0.15, -0.1) is 0 Å². The monoisotopic (exact) mass is 1560 g/mol. The van der Waals surface area contributed by atoms with Crippen molar-refractivity contribution in [3.8, 4) is 11.5 Å². The lowest BCUT2D eigenvalue weighted by Gasteiger charge is -2.39. The highest BCUT2D eigenvalue weighted by molar-refractivity contribution is 7.89. The fourth-order valence-corrected chi connectivity index (χ4v) is 17.3. The van der Waals surface area contributed by atoms with E-state index in [0.29, 0.717) is 89.0 Å². The SMILES string of the molecule is CC(=O)OCC[C@@H]1C=CC[C@@H]1O.CC(C)(C)[Si](C)(C)O[C@H]1CC=C[C@H]1CCO.COc1ccc(S(=O)(=O)N(CC(C)C)C[C@@H](O)[C@@H](CC(=O)O[C@H]2CCO[C@H]3OCC[C@H]32)Cc2ccccc2)cc1.O=C(Oc1ccc([N+](=O)[O-])cc1)O[C@H]1CCO[C@H]2OCC[C@H]21.O=C1C[C@@H]2C=CCC2O1.O[C@H]1CCO[C@H]2OCC[C@H]21. The number of rotatable bonds is 23. The molecule has 0 saturated carbocycles. The number of carbonyl (C=O) groups is 4. The molecule has 0 bridgehead atoms. The summed E-state index contributed by atoms with van der Waals surface area (Å²) in [5.74, 6) is 0.780. The minimum Gasteiger partial charge on any atom is -0.497 e. The Balaban J connectivity index is 0.000000181. The third-order valence-corrected chi connectivity index (χ3v) is 27.7. The van der Waals surface area contributed by atoms with Gasteiger partial charge >= 0.3 is 24.1 Å². The molecule has 10 aliphatic rings. The zero-order chi connectivity index (χ0) is 78.8. The Morgan fingerprint density at radius 3 is 1.80 bits per heavy atom. The highest BCUT2D eigenvalue weighted by atomic mass is 32.2. The number of hydrogen-bond acceptors (Lipinski definition) is 25. The van der Waals surface area contributed by atoms with Crippen molar-refractivity contribution < 1.29 is 114 Å². The van der Waals surface area contributed by atoms with Crippen LogP contribution in [-0.2, 0) is 82.6 Å². The second-order valence-electron chi connectivity index (χ2n) is 30.9. The van der Waals surface area contributed by atoms with Gasteiger partial charge in [0, 0.05) is 99.4 Å². The molecular weight excluding hydrogens is 1450 g/mol. The van der Waals surface area contributed by atoms with E-state index >= 15 is 0 Å². The molecule has 13 rings (SSSR count). The van der Waals surface area contributed by atoms with Crippen LogP contribution in [0.15, 0.2) is 120 Å². The molecule has 109 heavy (non-hydrogen) atoms. The van der Waals surface area contributed by atoms with E-state index in [1.165, 1.54) is 54.7 Å². The normalized spacial score (nSPS) is 28.2. The number of aliphatic hydroxyl groups is 4. The second kappa shape index (κ2) is 42.9. The molecule has 17 atom stereocenters. The molecule has 7 aliphatic heterocycles. The third-order valence-electron chi connectivity index (χ3n) is 21.4. The molecule has 1 unspecified atom stereocenters. The number of benzene rings is 3. The summed E-state index contributed by atoms with van der Waals surface area (Å²) in [5, 5.41) is 50.1. The number of carbonyl (C=O) groups excluding carboxylic acids is 4. The number of nitro benzene ring substituents is 1. The van der Waals surface area contributed by atoms with Crippen molar-refractivity contribution in [2.45, 2.75) is 216 Å². The summed E-state index contributed by atoms with van der Waals surface area (Å²) >= 11 is 0. The van der Waals surface area contributed by atoms with Crippen LogP contribution in [0.4, 0.5) is 10.5 Å². The van der Waals surface area contributed by atoms with Gasteiger partial charge in [-0.25, -0.2) is 13.2 Å². The first-order valence-corrected chi connectivity index (χ1v) is 42.7. The van der Waals surface area contributed by atoms with Crippen LogP contribution >= 0.6 is 0 Å². The van der Waals surface area contributed by atoms with Crippen LogP contribution < -0.4 is 9.47 Å². The standard InChI is InChI=1S/C30H41NO8S.C14H15NO7.C13H26O2Si.C9H14O3.C7H12O3.C7H8O2/c1-21(2)19-31(40(34,35)25-11-9-24(36-3)10-12-25)20-27(32)23(17-22-7-5-4-6-8-22)18-29(33)39-28-14-16-38-30-26(28)13-15-37-30;16-14(21-10-3-1-9(2-4-10)15(17)18)22-12-6-8-20-13-11(12)5-7-19-13;1-13(2,3)16(4,5)15-12-8-6-7-11(12)9-10-14;1-7(10)12-6-5-8-3-2-4-9(8)11;8-6-2-4-10-7-5(6)1-3-9-7;8-7-4-5-2-1-3-6(5)9-7/h4-12,21,23,26-28,30,32H,13-20H2,1-3H3;1-4,11-13H,5-8H2;6-7,11-12,14H,8-10H2,1-5H3;2-3,8-9,11H,4-6H2,1H3;5-8H,1-4H2;1-2,5-6H,3-4H2/t23-,26+,27-,28+,30-;11-,12-,13+;11-,12-;8-,9-;5-,6-,7+;5-,6?/m100000/s1. The molecule has 4 N–H and O–H groups in total. The zero-order valence-electron chi connectivity index (χ0n) is 64.5. The van der Waals surface area contributed by atoms with Gasteiger partial charge in [-0.1, -0.05) is 101 Å². The van der Waals surface area contributed by atoms with Gasteiger partial charge in [0.05, 0.1) is 100 Å². The lowest BCUT2D eigenvalue weighted by Crippen LogP contribution is -2.45. The highest BCUT2D eigenvalue weighted by Gasteiger charge is 2.45.